The maximum atomic E-state index is 2.47. The molecule has 0 aliphatic carbocycles. The van der Waals surface area contributed by atoms with Gasteiger partial charge in [-0.05, 0) is 0 Å². The molecule has 0 saturated carbocycles. The van der Waals surface area contributed by atoms with Gasteiger partial charge in [-0.2, -0.15) is 0 Å². The summed E-state index contributed by atoms with van der Waals surface area (Å²) >= 11 is 0. The summed E-state index contributed by atoms with van der Waals surface area (Å²) in [4.78, 5) is 4.94. The van der Waals surface area contributed by atoms with Crippen LogP contribution in [0.3, 0.4) is 0 Å². The van der Waals surface area contributed by atoms with Gasteiger partial charge in [0.2, 0.25) is 0 Å². The first-order chi connectivity index (χ1) is 3.95. The Hall–Kier alpha value is -0.0800. The van der Waals surface area contributed by atoms with Crippen LogP contribution in [0, 0.1) is 0 Å². The van der Waals surface area contributed by atoms with Crippen molar-refractivity contribution in [3.05, 3.63) is 0 Å². The van der Waals surface area contributed by atoms with Gasteiger partial charge in [0.05, 0.1) is 0 Å². The summed E-state index contributed by atoms with van der Waals surface area (Å²) in [6.45, 7) is 8.06. The molecular weight excluding hydrogens is 100 g/mol. The highest BCUT2D eigenvalue weighted by Gasteiger charge is 2.21. The molecule has 0 radical (unpaired) electrons. The van der Waals surface area contributed by atoms with E-state index in [0.29, 0.717) is 0 Å². The topological polar surface area (TPSA) is 6.02 Å². The van der Waals surface area contributed by atoms with Gasteiger partial charge in [-0.25, -0.2) is 0 Å². The Labute approximate surface area is 50.1 Å². The Balaban J connectivity index is 1.56. The molecule has 2 nitrogen and oxygen atoms in total. The van der Waals surface area contributed by atoms with E-state index in [9.17, 15) is 0 Å². The van der Waals surface area contributed by atoms with E-state index >= 15 is 0 Å². The number of hydrogen-bond acceptors (Lipinski definition) is 2. The summed E-state index contributed by atoms with van der Waals surface area (Å²) in [5, 5.41) is 0. The van der Waals surface area contributed by atoms with Gasteiger partial charge in [-0.15, -0.1) is 0 Å². The largest absolute Gasteiger partial charge is 0.300 e. The molecule has 2 saturated heterocycles. The number of rotatable bonds is 3. The van der Waals surface area contributed by atoms with E-state index in [4.69, 9.17) is 0 Å². The van der Waals surface area contributed by atoms with Crippen LogP contribution in [-0.4, -0.2) is 49.1 Å². The fourth-order valence-electron chi connectivity index (χ4n) is 0.871. The average Bonchev–Trinajstić information content (AvgIpc) is 2.60. The van der Waals surface area contributed by atoms with E-state index in [-0.39, 0.29) is 0 Å². The van der Waals surface area contributed by atoms with Gasteiger partial charge < -0.3 is 0 Å². The molecule has 0 spiro atoms. The van der Waals surface area contributed by atoms with E-state index in [1.807, 2.05) is 0 Å². The van der Waals surface area contributed by atoms with Crippen molar-refractivity contribution in [1.29, 1.82) is 0 Å². The van der Waals surface area contributed by atoms with Crippen LogP contribution in [0.1, 0.15) is 0 Å². The van der Waals surface area contributed by atoms with Crippen molar-refractivity contribution in [2.75, 3.05) is 39.3 Å². The third-order valence-electron chi connectivity index (χ3n) is 1.81. The first-order valence-electron chi connectivity index (χ1n) is 3.40. The van der Waals surface area contributed by atoms with E-state index in [0.717, 1.165) is 0 Å². The van der Waals surface area contributed by atoms with E-state index in [1.54, 1.807) is 0 Å². The fourth-order valence-corrected chi connectivity index (χ4v) is 0.871. The minimum Gasteiger partial charge on any atom is -0.300 e. The van der Waals surface area contributed by atoms with Crippen LogP contribution in [0.5, 0.6) is 0 Å². The zero-order chi connectivity index (χ0) is 5.40. The molecule has 2 fully saturated rings. The Morgan fingerprint density at radius 2 is 1.12 bits per heavy atom. The lowest BCUT2D eigenvalue weighted by Gasteiger charge is -1.98. The van der Waals surface area contributed by atoms with Crippen LogP contribution >= 0.6 is 0 Å². The van der Waals surface area contributed by atoms with Crippen molar-refractivity contribution in [1.82, 2.24) is 9.80 Å². The van der Waals surface area contributed by atoms with Gasteiger partial charge in [0.1, 0.15) is 0 Å². The lowest BCUT2D eigenvalue weighted by molar-refractivity contribution is 0.460. The van der Waals surface area contributed by atoms with Gasteiger partial charge in [0, 0.05) is 39.3 Å². The van der Waals surface area contributed by atoms with Crippen LogP contribution in [0.25, 0.3) is 0 Å². The van der Waals surface area contributed by atoms with Crippen molar-refractivity contribution in [3.8, 4) is 0 Å². The average molecular weight is 112 g/mol. The molecule has 0 N–H and O–H groups in total. The summed E-state index contributed by atoms with van der Waals surface area (Å²) in [7, 11) is 0. The van der Waals surface area contributed by atoms with Crippen molar-refractivity contribution < 1.29 is 0 Å². The second-order valence-corrected chi connectivity index (χ2v) is 2.68. The molecule has 2 aliphatic rings. The van der Waals surface area contributed by atoms with Gasteiger partial charge in [-0.3, -0.25) is 9.80 Å². The second-order valence-electron chi connectivity index (χ2n) is 2.68. The number of hydrogen-bond donors (Lipinski definition) is 0. The van der Waals surface area contributed by atoms with Crippen LogP contribution < -0.4 is 0 Å². The summed E-state index contributed by atoms with van der Waals surface area (Å²) in [6, 6.07) is 0. The Morgan fingerprint density at radius 3 is 1.38 bits per heavy atom. The van der Waals surface area contributed by atoms with Gasteiger partial charge in [0.25, 0.3) is 0 Å². The standard InChI is InChI=1S/C6H12N2/c1-2-7(1)5-6-8-3-4-8/h1-6H2. The van der Waals surface area contributed by atoms with Gasteiger partial charge in [-0.1, -0.05) is 0 Å². The Kier molecular flexibility index (Phi) is 1.02. The molecule has 0 amide bonds. The molecule has 0 aromatic carbocycles. The lowest BCUT2D eigenvalue weighted by Crippen LogP contribution is -2.11. The van der Waals surface area contributed by atoms with Crippen LogP contribution in [0.2, 0.25) is 0 Å². The van der Waals surface area contributed by atoms with Crippen LogP contribution in [0.4, 0.5) is 0 Å². The van der Waals surface area contributed by atoms with E-state index < -0.39 is 0 Å². The van der Waals surface area contributed by atoms with Crippen molar-refractivity contribution in [2.24, 2.45) is 0 Å². The van der Waals surface area contributed by atoms with E-state index in [2.05, 4.69) is 9.80 Å². The fraction of sp³-hybridized carbons (Fsp3) is 1.00. The lowest BCUT2D eigenvalue weighted by atomic mass is 10.6. The minimum atomic E-state index is 1.32. The maximum Gasteiger partial charge on any atom is 0.0110 e. The third kappa shape index (κ3) is 1.20. The van der Waals surface area contributed by atoms with Crippen LogP contribution in [-0.2, 0) is 0 Å². The molecule has 0 unspecified atom stereocenters. The minimum absolute atomic E-state index is 1.32. The molecule has 0 aromatic heterocycles. The predicted molar refractivity (Wildman–Crippen MR) is 32.9 cm³/mol. The van der Waals surface area contributed by atoms with Crippen LogP contribution in [0.15, 0.2) is 0 Å². The number of nitrogens with zero attached hydrogens (tertiary/aromatic N) is 2. The summed E-state index contributed by atoms with van der Waals surface area (Å²) < 4.78 is 0. The molecule has 0 bridgehead atoms. The summed E-state index contributed by atoms with van der Waals surface area (Å²) in [6.07, 6.45) is 0. The normalized spacial score (nSPS) is 28.5. The molecule has 46 valence electrons. The zero-order valence-corrected chi connectivity index (χ0v) is 5.14. The maximum absolute atomic E-state index is 2.47. The van der Waals surface area contributed by atoms with Crippen molar-refractivity contribution >= 4 is 0 Å². The highest BCUT2D eigenvalue weighted by Crippen LogP contribution is 2.06. The first-order valence-corrected chi connectivity index (χ1v) is 3.40. The zero-order valence-electron chi connectivity index (χ0n) is 5.14. The highest BCUT2D eigenvalue weighted by atomic mass is 15.3. The SMILES string of the molecule is C1CN1CCN1CC1. The molecule has 0 atom stereocenters. The van der Waals surface area contributed by atoms with Gasteiger partial charge >= 0.3 is 0 Å². The molecule has 2 aliphatic heterocycles. The second kappa shape index (κ2) is 1.71. The highest BCUT2D eigenvalue weighted by molar-refractivity contribution is 4.78. The molecule has 2 heteroatoms. The Bertz CT molecular complexity index is 72.5. The van der Waals surface area contributed by atoms with Crippen molar-refractivity contribution in [3.63, 3.8) is 0 Å². The smallest absolute Gasteiger partial charge is 0.0110 e. The van der Waals surface area contributed by atoms with E-state index in [1.165, 1.54) is 39.3 Å². The van der Waals surface area contributed by atoms with Crippen molar-refractivity contribution in [2.45, 2.75) is 0 Å². The summed E-state index contributed by atoms with van der Waals surface area (Å²) in [5.41, 5.74) is 0. The molecule has 0 aromatic rings. The Morgan fingerprint density at radius 1 is 0.750 bits per heavy atom. The molecule has 2 heterocycles. The molecular formula is C6H12N2. The predicted octanol–water partition coefficient (Wildman–Crippen LogP) is -0.382. The third-order valence-corrected chi connectivity index (χ3v) is 1.81. The molecule has 2 rings (SSSR count). The summed E-state index contributed by atoms with van der Waals surface area (Å²) in [5.74, 6) is 0. The van der Waals surface area contributed by atoms with Gasteiger partial charge in [0.15, 0.2) is 0 Å². The quantitative estimate of drug-likeness (QED) is 0.459. The first kappa shape index (κ1) is 4.77. The monoisotopic (exact) mass is 112 g/mol. The molecule has 8 heavy (non-hydrogen) atoms.